The molecule has 1 aromatic carbocycles. The minimum Gasteiger partial charge on any atom is -0.494 e. The molecule has 0 fully saturated rings. The first-order chi connectivity index (χ1) is 6.49. The van der Waals surface area contributed by atoms with Crippen LogP contribution in [-0.2, 0) is 0 Å². The fourth-order valence-electron chi connectivity index (χ4n) is 1.21. The van der Waals surface area contributed by atoms with Crippen LogP contribution in [0.15, 0.2) is 6.07 Å². The second kappa shape index (κ2) is 3.53. The Morgan fingerprint density at radius 2 is 2.21 bits per heavy atom. The molecule has 4 nitrogen and oxygen atoms in total. The van der Waals surface area contributed by atoms with Gasteiger partial charge in [0.15, 0.2) is 5.75 Å². The number of benzene rings is 1. The van der Waals surface area contributed by atoms with Gasteiger partial charge in [0.2, 0.25) is 0 Å². The lowest BCUT2D eigenvalue weighted by Gasteiger charge is -2.10. The highest BCUT2D eigenvalue weighted by molar-refractivity contribution is 5.93. The number of methoxy groups -OCH3 is 1. The first-order valence-corrected chi connectivity index (χ1v) is 3.85. The van der Waals surface area contributed by atoms with E-state index in [0.717, 1.165) is 0 Å². The number of ether oxygens (including phenoxy) is 1. The van der Waals surface area contributed by atoms with E-state index in [4.69, 9.17) is 15.6 Å². The van der Waals surface area contributed by atoms with Crippen LogP contribution in [0.5, 0.6) is 5.75 Å². The molecule has 0 heterocycles. The number of carboxylic acid groups (broad SMARTS) is 1. The Balaban J connectivity index is 3.56. The van der Waals surface area contributed by atoms with Crippen LogP contribution in [0.2, 0.25) is 0 Å². The number of nitrogens with two attached hydrogens (primary N) is 1. The van der Waals surface area contributed by atoms with Gasteiger partial charge in [-0.3, -0.25) is 0 Å². The fourth-order valence-corrected chi connectivity index (χ4v) is 1.21. The largest absolute Gasteiger partial charge is 0.494 e. The van der Waals surface area contributed by atoms with Crippen molar-refractivity contribution in [2.75, 3.05) is 12.8 Å². The van der Waals surface area contributed by atoms with E-state index in [1.54, 1.807) is 0 Å². The molecule has 1 rings (SSSR count). The summed E-state index contributed by atoms with van der Waals surface area (Å²) in [6.45, 7) is 1.44. The third-order valence-electron chi connectivity index (χ3n) is 1.84. The fraction of sp³-hybridized carbons (Fsp3) is 0.222. The number of aromatic carboxylic acids is 1. The second-order valence-electron chi connectivity index (χ2n) is 2.81. The molecule has 0 amide bonds. The zero-order valence-corrected chi connectivity index (χ0v) is 7.80. The van der Waals surface area contributed by atoms with Gasteiger partial charge in [-0.1, -0.05) is 0 Å². The maximum Gasteiger partial charge on any atom is 0.342 e. The quantitative estimate of drug-likeness (QED) is 0.706. The van der Waals surface area contributed by atoms with E-state index in [0.29, 0.717) is 0 Å². The van der Waals surface area contributed by atoms with Gasteiger partial charge in [-0.25, -0.2) is 9.18 Å². The highest BCUT2D eigenvalue weighted by atomic mass is 19.1. The van der Waals surface area contributed by atoms with Crippen molar-refractivity contribution in [1.82, 2.24) is 0 Å². The Bertz CT molecular complexity index is 390. The van der Waals surface area contributed by atoms with Crippen molar-refractivity contribution in [3.8, 4) is 5.75 Å². The number of hydrogen-bond acceptors (Lipinski definition) is 3. The molecule has 0 aliphatic carbocycles. The molecule has 76 valence electrons. The summed E-state index contributed by atoms with van der Waals surface area (Å²) < 4.78 is 18.1. The van der Waals surface area contributed by atoms with Crippen LogP contribution < -0.4 is 10.5 Å². The van der Waals surface area contributed by atoms with Crippen molar-refractivity contribution in [2.45, 2.75) is 6.92 Å². The smallest absolute Gasteiger partial charge is 0.342 e. The molecular formula is C9H10FNO3. The molecule has 0 atom stereocenters. The van der Waals surface area contributed by atoms with E-state index < -0.39 is 17.3 Å². The lowest BCUT2D eigenvalue weighted by Crippen LogP contribution is -2.08. The highest BCUT2D eigenvalue weighted by Crippen LogP contribution is 2.30. The Kier molecular flexibility index (Phi) is 2.60. The monoisotopic (exact) mass is 199 g/mol. The van der Waals surface area contributed by atoms with Gasteiger partial charge in [-0.05, 0) is 18.6 Å². The number of nitrogen functional groups attached to an aromatic ring is 1. The first kappa shape index (κ1) is 10.3. The predicted octanol–water partition coefficient (Wildman–Crippen LogP) is 1.42. The molecule has 0 saturated heterocycles. The van der Waals surface area contributed by atoms with Crippen LogP contribution in [0, 0.1) is 12.7 Å². The van der Waals surface area contributed by atoms with Gasteiger partial charge in [-0.2, -0.15) is 0 Å². The van der Waals surface area contributed by atoms with Gasteiger partial charge in [0, 0.05) is 0 Å². The highest BCUT2D eigenvalue weighted by Gasteiger charge is 2.21. The lowest BCUT2D eigenvalue weighted by atomic mass is 10.1. The molecule has 5 heteroatoms. The van der Waals surface area contributed by atoms with E-state index in [2.05, 4.69) is 0 Å². The minimum absolute atomic E-state index is 0.115. The summed E-state index contributed by atoms with van der Waals surface area (Å²) in [5, 5.41) is 8.75. The molecule has 0 aliphatic rings. The number of anilines is 1. The number of rotatable bonds is 2. The predicted molar refractivity (Wildman–Crippen MR) is 49.1 cm³/mol. The number of carboxylic acids is 1. The van der Waals surface area contributed by atoms with Gasteiger partial charge in [0.05, 0.1) is 12.8 Å². The number of carbonyl (C=O) groups is 1. The van der Waals surface area contributed by atoms with Crippen LogP contribution >= 0.6 is 0 Å². The second-order valence-corrected chi connectivity index (χ2v) is 2.81. The van der Waals surface area contributed by atoms with Crippen LogP contribution in [0.25, 0.3) is 0 Å². The summed E-state index contributed by atoms with van der Waals surface area (Å²) in [5.74, 6) is -2.35. The molecule has 1 aromatic rings. The van der Waals surface area contributed by atoms with Gasteiger partial charge in [-0.15, -0.1) is 0 Å². The summed E-state index contributed by atoms with van der Waals surface area (Å²) in [4.78, 5) is 10.7. The van der Waals surface area contributed by atoms with Crippen molar-refractivity contribution < 1.29 is 19.0 Å². The van der Waals surface area contributed by atoms with Crippen LogP contribution in [-0.4, -0.2) is 18.2 Å². The Morgan fingerprint density at radius 3 is 2.64 bits per heavy atom. The van der Waals surface area contributed by atoms with Crippen molar-refractivity contribution in [2.24, 2.45) is 0 Å². The van der Waals surface area contributed by atoms with Crippen molar-refractivity contribution in [3.63, 3.8) is 0 Å². The summed E-state index contributed by atoms with van der Waals surface area (Å²) in [7, 11) is 1.24. The van der Waals surface area contributed by atoms with Crippen molar-refractivity contribution in [3.05, 3.63) is 23.0 Å². The standard InChI is InChI=1S/C9H10FNO3/c1-4-3-5(11)8(14-2)6(7(4)10)9(12)13/h3H,11H2,1-2H3,(H,12,13). The Labute approximate surface area is 80.1 Å². The molecule has 0 spiro atoms. The van der Waals surface area contributed by atoms with E-state index in [9.17, 15) is 9.18 Å². The topological polar surface area (TPSA) is 72.5 Å². The molecule has 14 heavy (non-hydrogen) atoms. The van der Waals surface area contributed by atoms with Gasteiger partial charge in [0.1, 0.15) is 11.4 Å². The minimum atomic E-state index is -1.39. The lowest BCUT2D eigenvalue weighted by molar-refractivity contribution is 0.0688. The summed E-state index contributed by atoms with van der Waals surface area (Å²) in [5.41, 5.74) is 5.26. The molecule has 0 saturated carbocycles. The molecule has 0 aliphatic heterocycles. The zero-order valence-electron chi connectivity index (χ0n) is 7.80. The molecule has 0 unspecified atom stereocenters. The molecule has 0 bridgehead atoms. The maximum atomic E-state index is 13.4. The molecular weight excluding hydrogens is 189 g/mol. The summed E-state index contributed by atoms with van der Waals surface area (Å²) >= 11 is 0. The van der Waals surface area contributed by atoms with Gasteiger partial charge >= 0.3 is 5.97 Å². The average Bonchev–Trinajstić information content (AvgIpc) is 2.10. The van der Waals surface area contributed by atoms with Crippen molar-refractivity contribution >= 4 is 11.7 Å². The van der Waals surface area contributed by atoms with E-state index in [1.807, 2.05) is 0 Å². The Morgan fingerprint density at radius 1 is 1.64 bits per heavy atom. The van der Waals surface area contributed by atoms with Crippen LogP contribution in [0.4, 0.5) is 10.1 Å². The van der Waals surface area contributed by atoms with Gasteiger partial charge < -0.3 is 15.6 Å². The average molecular weight is 199 g/mol. The normalized spacial score (nSPS) is 9.93. The summed E-state index contributed by atoms with van der Waals surface area (Å²) in [6, 6.07) is 1.33. The summed E-state index contributed by atoms with van der Waals surface area (Å²) in [6.07, 6.45) is 0. The number of aryl methyl sites for hydroxylation is 1. The van der Waals surface area contributed by atoms with Crippen LogP contribution in [0.1, 0.15) is 15.9 Å². The molecule has 3 N–H and O–H groups in total. The zero-order chi connectivity index (χ0) is 10.9. The number of halogens is 1. The maximum absolute atomic E-state index is 13.4. The third kappa shape index (κ3) is 1.48. The number of hydrogen-bond donors (Lipinski definition) is 2. The SMILES string of the molecule is COc1c(N)cc(C)c(F)c1C(=O)O. The first-order valence-electron chi connectivity index (χ1n) is 3.85. The van der Waals surface area contributed by atoms with Gasteiger partial charge in [0.25, 0.3) is 0 Å². The third-order valence-corrected chi connectivity index (χ3v) is 1.84. The van der Waals surface area contributed by atoms with E-state index in [1.165, 1.54) is 20.1 Å². The van der Waals surface area contributed by atoms with Crippen molar-refractivity contribution in [1.29, 1.82) is 0 Å². The van der Waals surface area contributed by atoms with E-state index >= 15 is 0 Å². The molecule has 0 radical (unpaired) electrons. The Hall–Kier alpha value is -1.78. The van der Waals surface area contributed by atoms with E-state index in [-0.39, 0.29) is 17.0 Å². The molecule has 0 aromatic heterocycles. The van der Waals surface area contributed by atoms with Crippen LogP contribution in [0.3, 0.4) is 0 Å².